The van der Waals surface area contributed by atoms with Gasteiger partial charge in [-0.3, -0.25) is 4.79 Å². The molecule has 1 aliphatic heterocycles. The van der Waals surface area contributed by atoms with E-state index in [2.05, 4.69) is 17.3 Å². The molecule has 4 heteroatoms. The molecule has 4 nitrogen and oxygen atoms in total. The second-order valence-corrected chi connectivity index (χ2v) is 6.70. The second-order valence-electron chi connectivity index (χ2n) is 6.70. The molecule has 0 aromatic heterocycles. The van der Waals surface area contributed by atoms with Crippen molar-refractivity contribution in [1.82, 2.24) is 10.2 Å². The molecule has 2 aliphatic rings. The van der Waals surface area contributed by atoms with Crippen molar-refractivity contribution in [3.63, 3.8) is 0 Å². The number of hydrogen-bond donors (Lipinski definition) is 2. The van der Waals surface area contributed by atoms with Gasteiger partial charge in [0.25, 0.3) is 0 Å². The van der Waals surface area contributed by atoms with E-state index in [0.29, 0.717) is 25.4 Å². The molecule has 0 aromatic rings. The van der Waals surface area contributed by atoms with Gasteiger partial charge in [-0.1, -0.05) is 19.3 Å². The summed E-state index contributed by atoms with van der Waals surface area (Å²) in [4.78, 5) is 14.2. The first-order valence-electron chi connectivity index (χ1n) is 8.28. The maximum absolute atomic E-state index is 11.9. The van der Waals surface area contributed by atoms with E-state index in [4.69, 9.17) is 0 Å². The molecule has 1 atom stereocenters. The maximum Gasteiger partial charge on any atom is 0.220 e. The number of aliphatic hydroxyl groups is 1. The van der Waals surface area contributed by atoms with Gasteiger partial charge in [-0.05, 0) is 52.1 Å². The first-order chi connectivity index (χ1) is 9.59. The summed E-state index contributed by atoms with van der Waals surface area (Å²) >= 11 is 0. The minimum atomic E-state index is -0.503. The van der Waals surface area contributed by atoms with Crippen LogP contribution in [0, 0.1) is 0 Å². The normalized spacial score (nSPS) is 26.6. The Hall–Kier alpha value is -0.610. The molecule has 116 valence electrons. The molecule has 0 aromatic carbocycles. The first kappa shape index (κ1) is 15.8. The zero-order valence-corrected chi connectivity index (χ0v) is 12.9. The number of carbonyl (C=O) groups is 1. The van der Waals surface area contributed by atoms with Crippen LogP contribution in [0.5, 0.6) is 0 Å². The van der Waals surface area contributed by atoms with Gasteiger partial charge in [0, 0.05) is 19.0 Å². The highest BCUT2D eigenvalue weighted by Gasteiger charge is 2.30. The summed E-state index contributed by atoms with van der Waals surface area (Å²) in [5, 5.41) is 13.2. The Labute approximate surface area is 122 Å². The molecule has 2 N–H and O–H groups in total. The fourth-order valence-corrected chi connectivity index (χ4v) is 3.61. The number of hydrogen-bond acceptors (Lipinski definition) is 3. The van der Waals surface area contributed by atoms with Crippen molar-refractivity contribution in [1.29, 1.82) is 0 Å². The average Bonchev–Trinajstić information content (AvgIpc) is 2.85. The lowest BCUT2D eigenvalue weighted by Gasteiger charge is -2.32. The summed E-state index contributed by atoms with van der Waals surface area (Å²) in [7, 11) is 2.16. The minimum absolute atomic E-state index is 0.144. The SMILES string of the molecule is CN1CCCCC1CCC(=O)NCCC1(O)CCCC1. The van der Waals surface area contributed by atoms with Crippen LogP contribution in [-0.2, 0) is 4.79 Å². The van der Waals surface area contributed by atoms with Crippen molar-refractivity contribution >= 4 is 5.91 Å². The smallest absolute Gasteiger partial charge is 0.220 e. The number of nitrogens with zero attached hydrogens (tertiary/aromatic N) is 1. The number of carbonyl (C=O) groups excluding carboxylic acids is 1. The molecule has 0 bridgehead atoms. The highest BCUT2D eigenvalue weighted by molar-refractivity contribution is 5.75. The third-order valence-corrected chi connectivity index (χ3v) is 5.07. The van der Waals surface area contributed by atoms with Gasteiger partial charge in [-0.2, -0.15) is 0 Å². The number of rotatable bonds is 6. The van der Waals surface area contributed by atoms with Gasteiger partial charge in [0.05, 0.1) is 5.60 Å². The largest absolute Gasteiger partial charge is 0.390 e. The highest BCUT2D eigenvalue weighted by Crippen LogP contribution is 2.31. The van der Waals surface area contributed by atoms with Crippen molar-refractivity contribution in [3.05, 3.63) is 0 Å². The Morgan fingerprint density at radius 2 is 2.05 bits per heavy atom. The van der Waals surface area contributed by atoms with E-state index in [-0.39, 0.29) is 5.91 Å². The lowest BCUT2D eigenvalue weighted by Crippen LogP contribution is -2.38. The van der Waals surface area contributed by atoms with Gasteiger partial charge in [-0.15, -0.1) is 0 Å². The molecule has 2 rings (SSSR count). The monoisotopic (exact) mass is 282 g/mol. The van der Waals surface area contributed by atoms with E-state index in [0.717, 1.165) is 32.1 Å². The highest BCUT2D eigenvalue weighted by atomic mass is 16.3. The Morgan fingerprint density at radius 3 is 2.75 bits per heavy atom. The van der Waals surface area contributed by atoms with Gasteiger partial charge >= 0.3 is 0 Å². The van der Waals surface area contributed by atoms with Crippen LogP contribution in [-0.4, -0.2) is 47.7 Å². The van der Waals surface area contributed by atoms with Gasteiger partial charge in [0.1, 0.15) is 0 Å². The minimum Gasteiger partial charge on any atom is -0.390 e. The van der Waals surface area contributed by atoms with Crippen LogP contribution in [0.1, 0.15) is 64.2 Å². The van der Waals surface area contributed by atoms with Crippen molar-refractivity contribution in [2.24, 2.45) is 0 Å². The average molecular weight is 282 g/mol. The molecule has 1 unspecified atom stereocenters. The first-order valence-corrected chi connectivity index (χ1v) is 8.28. The molecular weight excluding hydrogens is 252 g/mol. The van der Waals surface area contributed by atoms with Crippen LogP contribution < -0.4 is 5.32 Å². The fourth-order valence-electron chi connectivity index (χ4n) is 3.61. The molecule has 1 saturated carbocycles. The van der Waals surface area contributed by atoms with Crippen molar-refractivity contribution < 1.29 is 9.90 Å². The van der Waals surface area contributed by atoms with Crippen LogP contribution in [0.3, 0.4) is 0 Å². The van der Waals surface area contributed by atoms with Gasteiger partial charge in [-0.25, -0.2) is 0 Å². The van der Waals surface area contributed by atoms with Crippen molar-refractivity contribution in [2.75, 3.05) is 20.1 Å². The van der Waals surface area contributed by atoms with Gasteiger partial charge in [0.15, 0.2) is 0 Å². The number of piperidine rings is 1. The summed E-state index contributed by atoms with van der Waals surface area (Å²) in [6.45, 7) is 1.79. The summed E-state index contributed by atoms with van der Waals surface area (Å²) in [5.41, 5.74) is -0.503. The Kier molecular flexibility index (Phi) is 5.85. The summed E-state index contributed by atoms with van der Waals surface area (Å²) < 4.78 is 0. The summed E-state index contributed by atoms with van der Waals surface area (Å²) in [6.07, 6.45) is 10.1. The second kappa shape index (κ2) is 7.41. The number of likely N-dealkylation sites (tertiary alicyclic amines) is 1. The Balaban J connectivity index is 1.58. The van der Waals surface area contributed by atoms with Gasteiger partial charge < -0.3 is 15.3 Å². The zero-order valence-electron chi connectivity index (χ0n) is 12.9. The molecule has 2 fully saturated rings. The van der Waals surface area contributed by atoms with Crippen molar-refractivity contribution in [3.8, 4) is 0 Å². The van der Waals surface area contributed by atoms with Crippen LogP contribution in [0.25, 0.3) is 0 Å². The van der Waals surface area contributed by atoms with Crippen LogP contribution in [0.4, 0.5) is 0 Å². The van der Waals surface area contributed by atoms with Crippen LogP contribution in [0.15, 0.2) is 0 Å². The molecule has 1 aliphatic carbocycles. The number of nitrogens with one attached hydrogen (secondary N) is 1. The van der Waals surface area contributed by atoms with Gasteiger partial charge in [0.2, 0.25) is 5.91 Å². The molecule has 1 saturated heterocycles. The lowest BCUT2D eigenvalue weighted by atomic mass is 9.97. The molecule has 20 heavy (non-hydrogen) atoms. The van der Waals surface area contributed by atoms with E-state index in [1.54, 1.807) is 0 Å². The lowest BCUT2D eigenvalue weighted by molar-refractivity contribution is -0.121. The predicted octanol–water partition coefficient (Wildman–Crippen LogP) is 2.06. The molecule has 0 spiro atoms. The zero-order chi connectivity index (χ0) is 14.4. The van der Waals surface area contributed by atoms with Crippen LogP contribution >= 0.6 is 0 Å². The van der Waals surface area contributed by atoms with Crippen molar-refractivity contribution in [2.45, 2.75) is 75.9 Å². The van der Waals surface area contributed by atoms with E-state index in [1.165, 1.54) is 25.8 Å². The Morgan fingerprint density at radius 1 is 1.30 bits per heavy atom. The molecule has 1 amide bonds. The van der Waals surface area contributed by atoms with Crippen LogP contribution in [0.2, 0.25) is 0 Å². The van der Waals surface area contributed by atoms with E-state index in [1.807, 2.05) is 0 Å². The standard InChI is InChI=1S/C16H30N2O2/c1-18-13-5-2-6-14(18)7-8-15(19)17-12-11-16(20)9-3-4-10-16/h14,20H,2-13H2,1H3,(H,17,19). The summed E-state index contributed by atoms with van der Waals surface area (Å²) in [5.74, 6) is 0.144. The maximum atomic E-state index is 11.9. The molecular formula is C16H30N2O2. The summed E-state index contributed by atoms with van der Waals surface area (Å²) in [6, 6.07) is 0.577. The van der Waals surface area contributed by atoms with E-state index in [9.17, 15) is 9.90 Å². The molecule has 0 radical (unpaired) electrons. The fraction of sp³-hybridized carbons (Fsp3) is 0.938. The quantitative estimate of drug-likeness (QED) is 0.784. The topological polar surface area (TPSA) is 52.6 Å². The third kappa shape index (κ3) is 4.74. The third-order valence-electron chi connectivity index (χ3n) is 5.07. The number of amides is 1. The molecule has 1 heterocycles. The van der Waals surface area contributed by atoms with E-state index < -0.39 is 5.60 Å². The Bertz CT molecular complexity index is 314. The predicted molar refractivity (Wildman–Crippen MR) is 80.5 cm³/mol. The van der Waals surface area contributed by atoms with E-state index >= 15 is 0 Å².